The summed E-state index contributed by atoms with van der Waals surface area (Å²) in [4.78, 5) is 36.8. The molecule has 0 radical (unpaired) electrons. The van der Waals surface area contributed by atoms with Gasteiger partial charge in [0.25, 0.3) is 0 Å². The lowest BCUT2D eigenvalue weighted by Crippen LogP contribution is -2.57. The van der Waals surface area contributed by atoms with E-state index in [9.17, 15) is 14.0 Å². The Morgan fingerprint density at radius 2 is 1.75 bits per heavy atom. The zero-order valence-corrected chi connectivity index (χ0v) is 24.7. The highest BCUT2D eigenvalue weighted by Crippen LogP contribution is 2.29. The zero-order chi connectivity index (χ0) is 29.7. The van der Waals surface area contributed by atoms with Crippen molar-refractivity contribution in [3.05, 3.63) is 71.3 Å². The monoisotopic (exact) mass is 549 g/mol. The van der Waals surface area contributed by atoms with Gasteiger partial charge >= 0.3 is 0 Å². The van der Waals surface area contributed by atoms with Crippen LogP contribution in [-0.2, 0) is 10.2 Å². The van der Waals surface area contributed by atoms with Crippen LogP contribution in [0.25, 0.3) is 16.9 Å². The molecule has 4 aromatic rings. The molecule has 40 heavy (non-hydrogen) atoms. The number of amides is 1. The van der Waals surface area contributed by atoms with E-state index in [2.05, 4.69) is 66.6 Å². The Balaban J connectivity index is 0.000000202. The molecule has 9 nitrogen and oxygen atoms in total. The number of aryl methyl sites for hydroxylation is 2. The molecule has 1 fully saturated rings. The Morgan fingerprint density at radius 3 is 2.23 bits per heavy atom. The Morgan fingerprint density at radius 1 is 1.07 bits per heavy atom. The van der Waals surface area contributed by atoms with Gasteiger partial charge in [-0.15, -0.1) is 0 Å². The second kappa shape index (κ2) is 12.5. The van der Waals surface area contributed by atoms with Crippen LogP contribution >= 0.6 is 0 Å². The average molecular weight is 550 g/mol. The lowest BCUT2D eigenvalue weighted by molar-refractivity contribution is -0.122. The number of carbonyl (C=O) groups is 2. The summed E-state index contributed by atoms with van der Waals surface area (Å²) < 4.78 is 14.7. The Kier molecular flexibility index (Phi) is 9.57. The van der Waals surface area contributed by atoms with Gasteiger partial charge in [-0.3, -0.25) is 14.5 Å². The van der Waals surface area contributed by atoms with Gasteiger partial charge < -0.3 is 9.88 Å². The van der Waals surface area contributed by atoms with E-state index in [1.54, 1.807) is 29.2 Å². The van der Waals surface area contributed by atoms with Gasteiger partial charge in [-0.25, -0.2) is 18.9 Å². The second-order valence-corrected chi connectivity index (χ2v) is 11.7. The molecule has 1 aliphatic rings. The van der Waals surface area contributed by atoms with Crippen molar-refractivity contribution in [2.45, 2.75) is 59.4 Å². The highest BCUT2D eigenvalue weighted by molar-refractivity contribution is 5.74. The molecular weight excluding hydrogens is 509 g/mol. The van der Waals surface area contributed by atoms with E-state index in [-0.39, 0.29) is 16.8 Å². The number of aromatic amines is 1. The van der Waals surface area contributed by atoms with Crippen LogP contribution in [0.5, 0.6) is 0 Å². The van der Waals surface area contributed by atoms with Gasteiger partial charge in [0.05, 0.1) is 23.9 Å². The SMILES string of the molecule is CC(C)(C)c1cc(-c2ccc(F)cc2)nn2cc(C=O)nc12.CN1CCN(C=O)CC1(C)C.Cc1nc[nH]c1C. The average Bonchev–Trinajstić information content (AvgIpc) is 3.50. The number of fused-ring (bicyclic) bond motifs is 1. The van der Waals surface area contributed by atoms with Crippen LogP contribution in [0.2, 0.25) is 0 Å². The maximum Gasteiger partial charge on any atom is 0.209 e. The molecule has 5 rings (SSSR count). The molecule has 1 amide bonds. The summed E-state index contributed by atoms with van der Waals surface area (Å²) in [6.07, 6.45) is 4.95. The molecule has 0 spiro atoms. The van der Waals surface area contributed by atoms with Crippen molar-refractivity contribution in [3.8, 4) is 11.3 Å². The number of nitrogens with one attached hydrogen (secondary N) is 1. The van der Waals surface area contributed by atoms with E-state index >= 15 is 0 Å². The zero-order valence-electron chi connectivity index (χ0n) is 24.7. The third kappa shape index (κ3) is 7.59. The summed E-state index contributed by atoms with van der Waals surface area (Å²) in [6, 6.07) is 8.14. The molecule has 1 aromatic carbocycles. The van der Waals surface area contributed by atoms with Crippen molar-refractivity contribution in [3.63, 3.8) is 0 Å². The molecule has 0 bridgehead atoms. The van der Waals surface area contributed by atoms with Crippen LogP contribution in [0.1, 0.15) is 62.1 Å². The third-order valence-corrected chi connectivity index (χ3v) is 7.09. The van der Waals surface area contributed by atoms with Crippen molar-refractivity contribution in [1.29, 1.82) is 0 Å². The number of H-pyrrole nitrogens is 1. The highest BCUT2D eigenvalue weighted by atomic mass is 19.1. The molecular formula is C30H40FN7O2. The molecule has 0 saturated carbocycles. The minimum atomic E-state index is -0.285. The number of carbonyl (C=O) groups excluding carboxylic acids is 2. The van der Waals surface area contributed by atoms with Crippen LogP contribution in [0.3, 0.4) is 0 Å². The highest BCUT2D eigenvalue weighted by Gasteiger charge is 2.30. The van der Waals surface area contributed by atoms with Gasteiger partial charge in [-0.2, -0.15) is 5.10 Å². The van der Waals surface area contributed by atoms with Crippen molar-refractivity contribution in [1.82, 2.24) is 34.4 Å². The minimum absolute atomic E-state index is 0.138. The predicted molar refractivity (Wildman–Crippen MR) is 155 cm³/mol. The standard InChI is InChI=1S/C17H16FN3O.C8H16N2O.C5H8N2/c1-17(2,3)14-8-15(11-4-6-12(18)7-5-11)20-21-9-13(10-22)19-16(14)21;1-8(2)6-10(7-11)5-4-9(8)3;1-4-5(2)7-3-6-4/h4-10H,1-3H3;7H,4-6H2,1-3H3;3H,1-2H3,(H,6,7). The predicted octanol–water partition coefficient (Wildman–Crippen LogP) is 4.84. The maximum atomic E-state index is 13.1. The van der Waals surface area contributed by atoms with Crippen molar-refractivity contribution < 1.29 is 14.0 Å². The number of likely N-dealkylation sites (N-methyl/N-ethyl adjacent to an activating group) is 1. The third-order valence-electron chi connectivity index (χ3n) is 7.09. The molecule has 4 heterocycles. The Labute approximate surface area is 235 Å². The molecule has 0 aliphatic carbocycles. The lowest BCUT2D eigenvalue weighted by atomic mass is 9.87. The van der Waals surface area contributed by atoms with E-state index in [0.717, 1.165) is 48.6 Å². The molecule has 0 atom stereocenters. The summed E-state index contributed by atoms with van der Waals surface area (Å²) in [5.41, 5.74) is 5.73. The molecule has 1 aliphatic heterocycles. The summed E-state index contributed by atoms with van der Waals surface area (Å²) in [6.45, 7) is 17.2. The quantitative estimate of drug-likeness (QED) is 0.367. The number of aldehydes is 1. The Bertz CT molecular complexity index is 1420. The number of halogens is 1. The van der Waals surface area contributed by atoms with Crippen molar-refractivity contribution in [2.24, 2.45) is 0 Å². The fourth-order valence-corrected chi connectivity index (χ4v) is 4.16. The summed E-state index contributed by atoms with van der Waals surface area (Å²) in [5.74, 6) is -0.285. The molecule has 10 heteroatoms. The number of benzene rings is 1. The normalized spacial score (nSPS) is 15.1. The van der Waals surface area contributed by atoms with E-state index in [0.29, 0.717) is 23.3 Å². The van der Waals surface area contributed by atoms with Gasteiger partial charge in [0, 0.05) is 42.0 Å². The number of imidazole rings is 2. The lowest BCUT2D eigenvalue weighted by Gasteiger charge is -2.43. The van der Waals surface area contributed by atoms with E-state index < -0.39 is 0 Å². The molecule has 214 valence electrons. The molecule has 1 N–H and O–H groups in total. The van der Waals surface area contributed by atoms with Gasteiger partial charge in [0.15, 0.2) is 11.9 Å². The van der Waals surface area contributed by atoms with Crippen LogP contribution in [0.4, 0.5) is 4.39 Å². The van der Waals surface area contributed by atoms with E-state index in [4.69, 9.17) is 0 Å². The molecule has 0 unspecified atom stereocenters. The van der Waals surface area contributed by atoms with Crippen molar-refractivity contribution in [2.75, 3.05) is 26.7 Å². The van der Waals surface area contributed by atoms with E-state index in [1.807, 2.05) is 24.8 Å². The first-order chi connectivity index (χ1) is 18.7. The number of hydrogen-bond acceptors (Lipinski definition) is 6. The fourth-order valence-electron chi connectivity index (χ4n) is 4.16. The number of nitrogens with zero attached hydrogens (tertiary/aromatic N) is 6. The second-order valence-electron chi connectivity index (χ2n) is 11.7. The first-order valence-corrected chi connectivity index (χ1v) is 13.2. The summed E-state index contributed by atoms with van der Waals surface area (Å²) in [5, 5.41) is 4.49. The van der Waals surface area contributed by atoms with Crippen LogP contribution < -0.4 is 0 Å². The summed E-state index contributed by atoms with van der Waals surface area (Å²) in [7, 11) is 2.10. The summed E-state index contributed by atoms with van der Waals surface area (Å²) >= 11 is 0. The number of aromatic nitrogens is 5. The van der Waals surface area contributed by atoms with Crippen LogP contribution in [0.15, 0.2) is 42.9 Å². The molecule has 1 saturated heterocycles. The first kappa shape index (κ1) is 30.6. The Hall–Kier alpha value is -3.92. The number of piperazine rings is 1. The van der Waals surface area contributed by atoms with E-state index in [1.165, 1.54) is 12.1 Å². The number of rotatable bonds is 3. The smallest absolute Gasteiger partial charge is 0.209 e. The topological polar surface area (TPSA) is 99.5 Å². The van der Waals surface area contributed by atoms with Gasteiger partial charge in [0.2, 0.25) is 6.41 Å². The van der Waals surface area contributed by atoms with Crippen LogP contribution in [0, 0.1) is 19.7 Å². The van der Waals surface area contributed by atoms with Crippen molar-refractivity contribution >= 4 is 18.3 Å². The van der Waals surface area contributed by atoms with Crippen LogP contribution in [-0.4, -0.2) is 79.3 Å². The van der Waals surface area contributed by atoms with Gasteiger partial charge in [-0.05, 0) is 70.5 Å². The van der Waals surface area contributed by atoms with Gasteiger partial charge in [-0.1, -0.05) is 20.8 Å². The number of hydrogen-bond donors (Lipinski definition) is 1. The fraction of sp³-hybridized carbons (Fsp3) is 0.433. The minimum Gasteiger partial charge on any atom is -0.348 e. The largest absolute Gasteiger partial charge is 0.348 e. The maximum absolute atomic E-state index is 13.1. The molecule has 3 aromatic heterocycles. The first-order valence-electron chi connectivity index (χ1n) is 13.2. The van der Waals surface area contributed by atoms with Gasteiger partial charge in [0.1, 0.15) is 11.5 Å².